The predicted molar refractivity (Wildman–Crippen MR) is 119 cm³/mol. The van der Waals surface area contributed by atoms with Gasteiger partial charge in [-0.1, -0.05) is 24.3 Å². The first-order chi connectivity index (χ1) is 15.5. The Labute approximate surface area is 187 Å². The third kappa shape index (κ3) is 4.57. The van der Waals surface area contributed by atoms with Crippen LogP contribution >= 0.6 is 11.3 Å². The number of rotatable bonds is 8. The number of fused-ring (bicyclic) bond motifs is 1. The molecule has 0 aliphatic heterocycles. The number of carbonyl (C=O) groups excluding carboxylic acids is 1. The minimum Gasteiger partial charge on any atom is -0.493 e. The number of amides is 1. The van der Waals surface area contributed by atoms with Crippen molar-refractivity contribution in [2.24, 2.45) is 0 Å². The zero-order valence-corrected chi connectivity index (χ0v) is 18.3. The maximum absolute atomic E-state index is 12.7. The van der Waals surface area contributed by atoms with Crippen LogP contribution < -0.4 is 14.8 Å². The monoisotopic (exact) mass is 457 g/mol. The lowest BCUT2D eigenvalue weighted by molar-refractivity contribution is -0.0512. The Balaban J connectivity index is 1.45. The molecule has 1 amide bonds. The van der Waals surface area contributed by atoms with E-state index >= 15 is 0 Å². The number of nitrogens with zero attached hydrogens (tertiary/aromatic N) is 2. The summed E-state index contributed by atoms with van der Waals surface area (Å²) < 4.78 is 36.6. The number of aromatic nitrogens is 2. The van der Waals surface area contributed by atoms with Crippen molar-refractivity contribution in [2.75, 3.05) is 13.7 Å². The first-order valence-corrected chi connectivity index (χ1v) is 10.7. The van der Waals surface area contributed by atoms with Gasteiger partial charge in [0.15, 0.2) is 11.5 Å². The number of aryl methyl sites for hydroxylation is 1. The van der Waals surface area contributed by atoms with Crippen molar-refractivity contribution in [3.63, 3.8) is 0 Å². The van der Waals surface area contributed by atoms with Crippen LogP contribution in [0.4, 0.5) is 8.78 Å². The normalized spacial score (nSPS) is 11.2. The average molecular weight is 458 g/mol. The summed E-state index contributed by atoms with van der Waals surface area (Å²) in [5, 5.41) is 8.41. The Morgan fingerprint density at radius 2 is 1.94 bits per heavy atom. The molecule has 0 fully saturated rings. The quantitative estimate of drug-likeness (QED) is 0.405. The molecule has 0 saturated carbocycles. The summed E-state index contributed by atoms with van der Waals surface area (Å²) >= 11 is 1.38. The molecule has 0 radical (unpaired) electrons. The van der Waals surface area contributed by atoms with Crippen LogP contribution in [-0.4, -0.2) is 36.0 Å². The van der Waals surface area contributed by atoms with Gasteiger partial charge in [0.2, 0.25) is 0 Å². The number of alkyl halides is 2. The smallest absolute Gasteiger partial charge is 0.387 e. The van der Waals surface area contributed by atoms with E-state index in [4.69, 9.17) is 4.74 Å². The fourth-order valence-electron chi connectivity index (χ4n) is 3.38. The van der Waals surface area contributed by atoms with E-state index < -0.39 is 6.61 Å². The van der Waals surface area contributed by atoms with Crippen LogP contribution in [0.3, 0.4) is 0 Å². The Morgan fingerprint density at radius 3 is 2.66 bits per heavy atom. The van der Waals surface area contributed by atoms with Crippen molar-refractivity contribution in [3.8, 4) is 17.2 Å². The van der Waals surface area contributed by atoms with Gasteiger partial charge >= 0.3 is 6.61 Å². The topological polar surface area (TPSA) is 65.4 Å². The van der Waals surface area contributed by atoms with Crippen molar-refractivity contribution < 1.29 is 23.0 Å². The van der Waals surface area contributed by atoms with Crippen LogP contribution in [0.15, 0.2) is 54.6 Å². The van der Waals surface area contributed by atoms with Crippen molar-refractivity contribution in [1.29, 1.82) is 0 Å². The average Bonchev–Trinajstić information content (AvgIpc) is 3.35. The number of carbonyl (C=O) groups is 1. The lowest BCUT2D eigenvalue weighted by Gasteiger charge is -2.11. The van der Waals surface area contributed by atoms with E-state index in [1.165, 1.54) is 24.5 Å². The Bertz CT molecular complexity index is 1240. The summed E-state index contributed by atoms with van der Waals surface area (Å²) in [6.07, 6.45) is 0.455. The molecule has 0 spiro atoms. The predicted octanol–water partition coefficient (Wildman–Crippen LogP) is 4.98. The first kappa shape index (κ1) is 21.8. The van der Waals surface area contributed by atoms with Crippen LogP contribution in [-0.2, 0) is 6.42 Å². The van der Waals surface area contributed by atoms with Gasteiger partial charge in [-0.15, -0.1) is 11.3 Å². The van der Waals surface area contributed by atoms with Crippen LogP contribution in [0.25, 0.3) is 15.9 Å². The second kappa shape index (κ2) is 9.35. The molecule has 4 aromatic rings. The van der Waals surface area contributed by atoms with Gasteiger partial charge in [0.1, 0.15) is 4.83 Å². The maximum Gasteiger partial charge on any atom is 0.387 e. The second-order valence-corrected chi connectivity index (χ2v) is 8.06. The molecule has 0 aliphatic rings. The highest BCUT2D eigenvalue weighted by Crippen LogP contribution is 2.31. The Hall–Kier alpha value is -3.46. The maximum atomic E-state index is 12.7. The van der Waals surface area contributed by atoms with E-state index in [1.807, 2.05) is 48.0 Å². The molecule has 166 valence electrons. The van der Waals surface area contributed by atoms with Crippen LogP contribution in [0, 0.1) is 6.92 Å². The van der Waals surface area contributed by atoms with E-state index in [0.29, 0.717) is 17.8 Å². The van der Waals surface area contributed by atoms with Gasteiger partial charge in [-0.25, -0.2) is 4.68 Å². The zero-order valence-electron chi connectivity index (χ0n) is 17.5. The lowest BCUT2D eigenvalue weighted by atomic mass is 10.1. The molecule has 0 unspecified atom stereocenters. The zero-order chi connectivity index (χ0) is 22.7. The van der Waals surface area contributed by atoms with E-state index in [2.05, 4.69) is 15.2 Å². The molecule has 0 bridgehead atoms. The summed E-state index contributed by atoms with van der Waals surface area (Å²) in [5.74, 6) is 0.00532. The van der Waals surface area contributed by atoms with Gasteiger partial charge in [0.25, 0.3) is 5.91 Å². The molecule has 0 aliphatic carbocycles. The number of halogens is 2. The van der Waals surface area contributed by atoms with Gasteiger partial charge in [0, 0.05) is 11.9 Å². The molecule has 2 heterocycles. The van der Waals surface area contributed by atoms with E-state index in [-0.39, 0.29) is 17.4 Å². The van der Waals surface area contributed by atoms with E-state index in [9.17, 15) is 13.6 Å². The second-order valence-electron chi connectivity index (χ2n) is 7.03. The van der Waals surface area contributed by atoms with Crippen molar-refractivity contribution >= 4 is 27.5 Å². The summed E-state index contributed by atoms with van der Waals surface area (Å²) in [7, 11) is 1.39. The number of hydrogen-bond acceptors (Lipinski definition) is 5. The molecule has 6 nitrogen and oxygen atoms in total. The summed E-state index contributed by atoms with van der Waals surface area (Å²) in [6, 6.07) is 16.4. The third-order valence-electron chi connectivity index (χ3n) is 4.91. The van der Waals surface area contributed by atoms with Crippen LogP contribution in [0.5, 0.6) is 11.5 Å². The van der Waals surface area contributed by atoms with E-state index in [0.717, 1.165) is 27.2 Å². The lowest BCUT2D eigenvalue weighted by Crippen LogP contribution is -2.24. The summed E-state index contributed by atoms with van der Waals surface area (Å²) in [5.41, 5.74) is 2.53. The number of benzene rings is 2. The highest BCUT2D eigenvalue weighted by Gasteiger charge is 2.17. The van der Waals surface area contributed by atoms with Crippen molar-refractivity contribution in [1.82, 2.24) is 15.1 Å². The molecule has 2 aromatic carbocycles. The molecule has 32 heavy (non-hydrogen) atoms. The minimum absolute atomic E-state index is 0.0308. The molecular formula is C23H21F2N3O3S. The van der Waals surface area contributed by atoms with Crippen LogP contribution in [0.2, 0.25) is 0 Å². The van der Waals surface area contributed by atoms with Crippen LogP contribution in [0.1, 0.15) is 20.9 Å². The molecule has 0 saturated heterocycles. The van der Waals surface area contributed by atoms with Gasteiger partial charge < -0.3 is 14.8 Å². The third-order valence-corrected chi connectivity index (χ3v) is 6.02. The number of nitrogens with one attached hydrogen (secondary N) is 1. The largest absolute Gasteiger partial charge is 0.493 e. The van der Waals surface area contributed by atoms with Gasteiger partial charge in [-0.3, -0.25) is 4.79 Å². The number of thiophene rings is 1. The summed E-state index contributed by atoms with van der Waals surface area (Å²) in [4.78, 5) is 14.2. The van der Waals surface area contributed by atoms with Gasteiger partial charge in [-0.2, -0.15) is 13.9 Å². The number of ether oxygens (including phenoxy) is 2. The van der Waals surface area contributed by atoms with Crippen molar-refractivity contribution in [3.05, 3.63) is 70.7 Å². The molecule has 0 atom stereocenters. The number of methoxy groups -OCH3 is 1. The standard InChI is InChI=1S/C23H21F2N3O3S/c1-14-17-13-20(32-22(17)28(27-14)16-6-4-3-5-7-16)21(29)26-11-10-15-8-9-18(30-2)19(12-15)31-23(24)25/h3-9,12-13,23H,10-11H2,1-2H3,(H,26,29). The molecule has 9 heteroatoms. The highest BCUT2D eigenvalue weighted by molar-refractivity contribution is 7.20. The minimum atomic E-state index is -2.94. The Kier molecular flexibility index (Phi) is 6.36. The first-order valence-electron chi connectivity index (χ1n) is 9.91. The molecule has 1 N–H and O–H groups in total. The number of hydrogen-bond donors (Lipinski definition) is 1. The van der Waals surface area contributed by atoms with E-state index in [1.54, 1.807) is 12.1 Å². The summed E-state index contributed by atoms with van der Waals surface area (Å²) in [6.45, 7) is -0.682. The van der Waals surface area contributed by atoms with Gasteiger partial charge in [0.05, 0.1) is 23.4 Å². The fourth-order valence-corrected chi connectivity index (χ4v) is 4.47. The molecule has 4 rings (SSSR count). The van der Waals surface area contributed by atoms with Crippen molar-refractivity contribution in [2.45, 2.75) is 20.0 Å². The molecule has 2 aromatic heterocycles. The molecular weight excluding hydrogens is 436 g/mol. The number of para-hydroxylation sites is 1. The van der Waals surface area contributed by atoms with Gasteiger partial charge in [-0.05, 0) is 49.2 Å². The Morgan fingerprint density at radius 1 is 1.16 bits per heavy atom. The fraction of sp³-hybridized carbons (Fsp3) is 0.217. The highest BCUT2D eigenvalue weighted by atomic mass is 32.1. The SMILES string of the molecule is COc1ccc(CCNC(=O)c2cc3c(C)nn(-c4ccccc4)c3s2)cc1OC(F)F.